The van der Waals surface area contributed by atoms with Gasteiger partial charge >= 0.3 is 0 Å². The van der Waals surface area contributed by atoms with Gasteiger partial charge in [-0.3, -0.25) is 15.3 Å². The van der Waals surface area contributed by atoms with Crippen LogP contribution in [0.2, 0.25) is 0 Å². The molecule has 1 atom stereocenters. The second-order valence-corrected chi connectivity index (χ2v) is 5.27. The van der Waals surface area contributed by atoms with E-state index in [0.29, 0.717) is 12.0 Å². The number of para-hydroxylation sites is 1. The van der Waals surface area contributed by atoms with Gasteiger partial charge in [-0.05, 0) is 45.0 Å². The zero-order valence-corrected chi connectivity index (χ0v) is 12.2. The Bertz CT molecular complexity index is 412. The molecule has 1 heterocycles. The van der Waals surface area contributed by atoms with Crippen LogP contribution in [0.4, 0.5) is 5.69 Å². The van der Waals surface area contributed by atoms with Gasteiger partial charge in [0, 0.05) is 11.7 Å². The molecule has 5 nitrogen and oxygen atoms in total. The van der Waals surface area contributed by atoms with Crippen LogP contribution in [0.15, 0.2) is 35.3 Å². The summed E-state index contributed by atoms with van der Waals surface area (Å²) in [5.74, 6) is 6.14. The highest BCUT2D eigenvalue weighted by molar-refractivity contribution is 5.93. The summed E-state index contributed by atoms with van der Waals surface area (Å²) >= 11 is 0. The molecule has 1 aromatic carbocycles. The van der Waals surface area contributed by atoms with Gasteiger partial charge in [0.05, 0.1) is 6.54 Å². The fourth-order valence-electron chi connectivity index (χ4n) is 2.48. The summed E-state index contributed by atoms with van der Waals surface area (Å²) < 4.78 is 0. The van der Waals surface area contributed by atoms with E-state index in [4.69, 9.17) is 5.84 Å². The van der Waals surface area contributed by atoms with E-state index in [1.807, 2.05) is 30.3 Å². The Morgan fingerprint density at radius 2 is 1.95 bits per heavy atom. The Labute approximate surface area is 121 Å². The van der Waals surface area contributed by atoms with Gasteiger partial charge in [-0.2, -0.15) is 0 Å². The van der Waals surface area contributed by atoms with Crippen LogP contribution in [0.25, 0.3) is 0 Å². The molecule has 1 aromatic rings. The van der Waals surface area contributed by atoms with Crippen LogP contribution in [-0.4, -0.2) is 36.5 Å². The smallest absolute Gasteiger partial charge is 0.210 e. The largest absolute Gasteiger partial charge is 0.325 e. The minimum absolute atomic E-state index is 0.455. The van der Waals surface area contributed by atoms with Crippen molar-refractivity contribution in [2.45, 2.75) is 32.2 Å². The lowest BCUT2D eigenvalue weighted by atomic mass is 10.1. The van der Waals surface area contributed by atoms with E-state index in [1.165, 1.54) is 32.4 Å². The van der Waals surface area contributed by atoms with Gasteiger partial charge in [0.15, 0.2) is 0 Å². The Kier molecular flexibility index (Phi) is 5.83. The maximum atomic E-state index is 5.53. The number of anilines is 1. The van der Waals surface area contributed by atoms with Crippen LogP contribution in [0.5, 0.6) is 0 Å². The van der Waals surface area contributed by atoms with Crippen molar-refractivity contribution >= 4 is 11.6 Å². The monoisotopic (exact) mass is 275 g/mol. The van der Waals surface area contributed by atoms with Crippen LogP contribution in [-0.2, 0) is 0 Å². The molecule has 2 rings (SSSR count). The molecule has 0 saturated carbocycles. The van der Waals surface area contributed by atoms with E-state index in [0.717, 1.165) is 12.2 Å². The number of rotatable bonds is 4. The molecule has 1 saturated heterocycles. The van der Waals surface area contributed by atoms with Crippen molar-refractivity contribution in [1.29, 1.82) is 0 Å². The van der Waals surface area contributed by atoms with Gasteiger partial charge in [0.2, 0.25) is 5.96 Å². The molecule has 1 unspecified atom stereocenters. The molecular weight excluding hydrogens is 250 g/mol. The predicted octanol–water partition coefficient (Wildman–Crippen LogP) is 1.79. The van der Waals surface area contributed by atoms with Gasteiger partial charge in [-0.1, -0.05) is 24.6 Å². The molecule has 0 bridgehead atoms. The minimum atomic E-state index is 0.455. The Morgan fingerprint density at radius 3 is 2.60 bits per heavy atom. The van der Waals surface area contributed by atoms with Crippen LogP contribution in [0, 0.1) is 0 Å². The number of hydrazine groups is 1. The SMILES string of the molecule is CC(CN=C(NN)Nc1ccccc1)N1CCCCC1. The van der Waals surface area contributed by atoms with Gasteiger partial charge in [0.25, 0.3) is 0 Å². The summed E-state index contributed by atoms with van der Waals surface area (Å²) in [5.41, 5.74) is 3.61. The number of nitrogens with one attached hydrogen (secondary N) is 2. The zero-order valence-electron chi connectivity index (χ0n) is 12.2. The highest BCUT2D eigenvalue weighted by Crippen LogP contribution is 2.12. The van der Waals surface area contributed by atoms with E-state index < -0.39 is 0 Å². The van der Waals surface area contributed by atoms with Crippen molar-refractivity contribution < 1.29 is 0 Å². The molecule has 5 heteroatoms. The summed E-state index contributed by atoms with van der Waals surface area (Å²) in [6, 6.07) is 10.4. The molecule has 0 amide bonds. The molecule has 110 valence electrons. The third kappa shape index (κ3) is 4.51. The standard InChI is InChI=1S/C15H25N5/c1-13(20-10-6-3-7-11-20)12-17-15(19-16)18-14-8-4-2-5-9-14/h2,4-5,8-9,13H,3,6-7,10-12,16H2,1H3,(H2,17,18,19). The van der Waals surface area contributed by atoms with Gasteiger partial charge < -0.3 is 5.32 Å². The molecule has 1 aliphatic rings. The summed E-state index contributed by atoms with van der Waals surface area (Å²) in [6.07, 6.45) is 3.97. The van der Waals surface area contributed by atoms with Crippen LogP contribution in [0.3, 0.4) is 0 Å². The Hall–Kier alpha value is -1.59. The molecule has 4 N–H and O–H groups in total. The molecule has 20 heavy (non-hydrogen) atoms. The first-order valence-corrected chi connectivity index (χ1v) is 7.37. The van der Waals surface area contributed by atoms with Crippen molar-refractivity contribution in [3.05, 3.63) is 30.3 Å². The lowest BCUT2D eigenvalue weighted by Crippen LogP contribution is -2.41. The van der Waals surface area contributed by atoms with Gasteiger partial charge in [0.1, 0.15) is 0 Å². The number of nitrogens with zero attached hydrogens (tertiary/aromatic N) is 2. The van der Waals surface area contributed by atoms with E-state index in [-0.39, 0.29) is 0 Å². The average Bonchev–Trinajstić information content (AvgIpc) is 2.53. The number of guanidine groups is 1. The lowest BCUT2D eigenvalue weighted by Gasteiger charge is -2.31. The fourth-order valence-corrected chi connectivity index (χ4v) is 2.48. The molecule has 1 aliphatic heterocycles. The quantitative estimate of drug-likeness (QED) is 0.339. The van der Waals surface area contributed by atoms with Crippen molar-refractivity contribution in [2.75, 3.05) is 25.0 Å². The van der Waals surface area contributed by atoms with Gasteiger partial charge in [-0.15, -0.1) is 0 Å². The van der Waals surface area contributed by atoms with Crippen molar-refractivity contribution in [3.8, 4) is 0 Å². The number of piperidine rings is 1. The number of nitrogens with two attached hydrogens (primary N) is 1. The van der Waals surface area contributed by atoms with Crippen LogP contribution in [0.1, 0.15) is 26.2 Å². The second kappa shape index (κ2) is 7.87. The second-order valence-electron chi connectivity index (χ2n) is 5.27. The third-order valence-electron chi connectivity index (χ3n) is 3.70. The lowest BCUT2D eigenvalue weighted by molar-refractivity contribution is 0.178. The topological polar surface area (TPSA) is 65.7 Å². The molecule has 0 aliphatic carbocycles. The number of benzene rings is 1. The first-order chi connectivity index (χ1) is 9.79. The summed E-state index contributed by atoms with van der Waals surface area (Å²) in [5, 5.41) is 3.18. The normalized spacial score (nSPS) is 18.6. The molecule has 1 fully saturated rings. The first-order valence-electron chi connectivity index (χ1n) is 7.37. The van der Waals surface area contributed by atoms with Crippen molar-refractivity contribution in [2.24, 2.45) is 10.8 Å². The van der Waals surface area contributed by atoms with E-state index in [1.54, 1.807) is 0 Å². The number of likely N-dealkylation sites (tertiary alicyclic amines) is 1. The minimum Gasteiger partial charge on any atom is -0.325 e. The summed E-state index contributed by atoms with van der Waals surface area (Å²) in [7, 11) is 0. The average molecular weight is 275 g/mol. The Morgan fingerprint density at radius 1 is 1.25 bits per heavy atom. The molecule has 0 aromatic heterocycles. The first kappa shape index (κ1) is 14.8. The molecule has 0 spiro atoms. The van der Waals surface area contributed by atoms with E-state index in [2.05, 4.69) is 27.6 Å². The molecular formula is C15H25N5. The Balaban J connectivity index is 1.86. The third-order valence-corrected chi connectivity index (χ3v) is 3.70. The maximum Gasteiger partial charge on any atom is 0.210 e. The number of hydrogen-bond donors (Lipinski definition) is 3. The van der Waals surface area contributed by atoms with Gasteiger partial charge in [-0.25, -0.2) is 5.84 Å². The molecule has 0 radical (unpaired) electrons. The van der Waals surface area contributed by atoms with E-state index >= 15 is 0 Å². The van der Waals surface area contributed by atoms with Crippen molar-refractivity contribution in [1.82, 2.24) is 10.3 Å². The zero-order chi connectivity index (χ0) is 14.2. The highest BCUT2D eigenvalue weighted by atomic mass is 15.3. The van der Waals surface area contributed by atoms with Crippen LogP contribution >= 0.6 is 0 Å². The van der Waals surface area contributed by atoms with Crippen molar-refractivity contribution in [3.63, 3.8) is 0 Å². The summed E-state index contributed by atoms with van der Waals surface area (Å²) in [6.45, 7) is 5.35. The predicted molar refractivity (Wildman–Crippen MR) is 84.6 cm³/mol. The number of aliphatic imine (C=N–C) groups is 1. The van der Waals surface area contributed by atoms with Crippen LogP contribution < -0.4 is 16.6 Å². The highest BCUT2D eigenvalue weighted by Gasteiger charge is 2.16. The van der Waals surface area contributed by atoms with E-state index in [9.17, 15) is 0 Å². The number of hydrogen-bond acceptors (Lipinski definition) is 3. The fraction of sp³-hybridized carbons (Fsp3) is 0.533. The maximum absolute atomic E-state index is 5.53. The summed E-state index contributed by atoms with van der Waals surface area (Å²) in [4.78, 5) is 7.04.